The SMILES string of the molecule is CC(C)C12SSSS[C@]3(C(=O)N1C)[C@@H](O)[C@]1([C@]45c6ccccc6N[C@H]4N4C(=O)[C@]6(CO)SS[C@]4(C(=O)N6C)[C@H]5O)c4ccccc4N[C@@H]1N3C2=O. The fraction of sp³-hybridized carbons (Fsp3) is 0.500. The molecular formula is C32H32N6O7S6. The predicted molar refractivity (Wildman–Crippen MR) is 201 cm³/mol. The van der Waals surface area contributed by atoms with Crippen LogP contribution < -0.4 is 10.6 Å². The van der Waals surface area contributed by atoms with Crippen molar-refractivity contribution in [2.24, 2.45) is 5.92 Å². The molecule has 51 heavy (non-hydrogen) atoms. The zero-order chi connectivity index (χ0) is 35.8. The Bertz CT molecular complexity index is 2020. The Morgan fingerprint density at radius 2 is 1.18 bits per heavy atom. The number of benzene rings is 2. The van der Waals surface area contributed by atoms with Gasteiger partial charge in [0.1, 0.15) is 24.5 Å². The van der Waals surface area contributed by atoms with E-state index in [2.05, 4.69) is 10.6 Å². The molecule has 2 aromatic rings. The molecular weight excluding hydrogens is 773 g/mol. The molecule has 13 nitrogen and oxygen atoms in total. The second-order valence-electron chi connectivity index (χ2n) is 14.5. The van der Waals surface area contributed by atoms with Crippen LogP contribution in [-0.2, 0) is 30.0 Å². The van der Waals surface area contributed by atoms with Crippen molar-refractivity contribution in [2.75, 3.05) is 31.3 Å². The average molecular weight is 805 g/mol. The maximum Gasteiger partial charge on any atom is 0.265 e. The molecule has 8 fully saturated rings. The first-order valence-corrected chi connectivity index (χ1v) is 23.3. The molecule has 1 unspecified atom stereocenters. The van der Waals surface area contributed by atoms with Gasteiger partial charge in [-0.25, -0.2) is 0 Å². The zero-order valence-electron chi connectivity index (χ0n) is 27.4. The van der Waals surface area contributed by atoms with Gasteiger partial charge in [0, 0.05) is 25.5 Å². The molecule has 12 rings (SSSR count). The molecule has 2 aromatic carbocycles. The number of rotatable bonds is 3. The molecule has 4 bridgehead atoms. The molecule has 19 heteroatoms. The highest BCUT2D eigenvalue weighted by Gasteiger charge is 2.92. The first kappa shape index (κ1) is 33.5. The summed E-state index contributed by atoms with van der Waals surface area (Å²) >= 11 is 0. The third kappa shape index (κ3) is 3.05. The van der Waals surface area contributed by atoms with Crippen molar-refractivity contribution < 1.29 is 34.5 Å². The van der Waals surface area contributed by atoms with E-state index in [0.29, 0.717) is 22.5 Å². The molecule has 10 aliphatic rings. The Kier molecular flexibility index (Phi) is 6.66. The van der Waals surface area contributed by atoms with E-state index in [1.807, 2.05) is 56.3 Å². The van der Waals surface area contributed by atoms with Crippen molar-refractivity contribution in [2.45, 2.75) is 68.7 Å². The van der Waals surface area contributed by atoms with Crippen LogP contribution in [0.5, 0.6) is 0 Å². The van der Waals surface area contributed by atoms with Crippen LogP contribution in [-0.4, -0.2) is 123 Å². The third-order valence-electron chi connectivity index (χ3n) is 12.7. The van der Waals surface area contributed by atoms with Crippen molar-refractivity contribution >= 4 is 97.8 Å². The van der Waals surface area contributed by atoms with E-state index in [1.165, 1.54) is 57.1 Å². The standard InChI is InChI=1S/C32H32N6O7S6/c1-14(2)30-26(45)38-22-29(16-10-6-8-12-18(16)34-22,20(41)32(38,25(44)36(30)4)49-51-50-48-30)28-15-9-5-7-11-17(15)33-21(28)37-23(42)27(13-39)35(3)24(43)31(37,19(28)40)47-46-27/h5-12,14,19-22,33-34,39-41H,13H2,1-4H3/t19-,20-,21-,22+,27-,28-,29+,30?,31-,32-/m0/s1. The van der Waals surface area contributed by atoms with E-state index in [9.17, 15) is 24.9 Å². The number of aliphatic hydroxyl groups excluding tert-OH is 3. The second kappa shape index (κ2) is 10.1. The fourth-order valence-corrected chi connectivity index (χ4v) is 22.3. The molecule has 10 aliphatic heterocycles. The minimum absolute atomic E-state index is 0.330. The minimum atomic E-state index is -1.89. The molecule has 8 saturated heterocycles. The number of likely N-dealkylation sites (N-methyl/N-ethyl adjacent to an activating group) is 2. The van der Waals surface area contributed by atoms with Crippen LogP contribution in [0.25, 0.3) is 0 Å². The van der Waals surface area contributed by atoms with E-state index in [4.69, 9.17) is 0 Å². The quantitative estimate of drug-likeness (QED) is 0.287. The van der Waals surface area contributed by atoms with Crippen LogP contribution in [0.4, 0.5) is 11.4 Å². The molecule has 5 N–H and O–H groups in total. The van der Waals surface area contributed by atoms with Crippen molar-refractivity contribution in [3.8, 4) is 0 Å². The summed E-state index contributed by atoms with van der Waals surface area (Å²) in [7, 11) is 10.3. The number of nitrogens with zero attached hydrogens (tertiary/aromatic N) is 4. The third-order valence-corrected chi connectivity index (χ3v) is 23.9. The Balaban J connectivity index is 1.34. The van der Waals surface area contributed by atoms with Gasteiger partial charge in [-0.3, -0.25) is 29.0 Å². The van der Waals surface area contributed by atoms with Crippen LogP contribution in [0.3, 0.4) is 0 Å². The number of anilines is 2. The normalized spacial score (nSPS) is 44.2. The molecule has 0 radical (unpaired) electrons. The summed E-state index contributed by atoms with van der Waals surface area (Å²) in [5, 5.41) is 44.9. The smallest absolute Gasteiger partial charge is 0.265 e. The van der Waals surface area contributed by atoms with Gasteiger partial charge in [0.25, 0.3) is 23.6 Å². The summed E-state index contributed by atoms with van der Waals surface area (Å²) in [6.45, 7) is 3.14. The van der Waals surface area contributed by atoms with Gasteiger partial charge in [0.2, 0.25) is 14.6 Å². The Morgan fingerprint density at radius 3 is 1.73 bits per heavy atom. The van der Waals surface area contributed by atoms with E-state index in [1.54, 1.807) is 13.1 Å². The number of hydrogen-bond donors (Lipinski definition) is 5. The van der Waals surface area contributed by atoms with E-state index in [-0.39, 0.29) is 11.8 Å². The van der Waals surface area contributed by atoms with Gasteiger partial charge in [-0.1, -0.05) is 50.2 Å². The topological polar surface area (TPSA) is 166 Å². The Labute approximate surface area is 315 Å². The molecule has 10 heterocycles. The number of amides is 4. The molecule has 4 amide bonds. The van der Waals surface area contributed by atoms with Gasteiger partial charge in [-0.15, -0.1) is 0 Å². The number of hydrogen-bond acceptors (Lipinski definition) is 15. The summed E-state index contributed by atoms with van der Waals surface area (Å²) in [5.41, 5.74) is -1.21. The maximum absolute atomic E-state index is 15.5. The van der Waals surface area contributed by atoms with Crippen LogP contribution in [0.2, 0.25) is 0 Å². The van der Waals surface area contributed by atoms with Gasteiger partial charge in [-0.2, -0.15) is 0 Å². The maximum atomic E-state index is 15.5. The second-order valence-corrected chi connectivity index (χ2v) is 23.2. The molecule has 0 saturated carbocycles. The molecule has 10 atom stereocenters. The Hall–Kier alpha value is -2.10. The van der Waals surface area contributed by atoms with Gasteiger partial charge >= 0.3 is 0 Å². The minimum Gasteiger partial charge on any atom is -0.392 e. The molecule has 2 spiro atoms. The number of para-hydroxylation sites is 2. The lowest BCUT2D eigenvalue weighted by Crippen LogP contribution is -2.79. The highest BCUT2D eigenvalue weighted by atomic mass is 33.7. The van der Waals surface area contributed by atoms with Gasteiger partial charge < -0.3 is 35.8 Å². The first-order chi connectivity index (χ1) is 24.3. The van der Waals surface area contributed by atoms with Gasteiger partial charge in [0.05, 0.1) is 17.4 Å². The van der Waals surface area contributed by atoms with Crippen molar-refractivity contribution in [3.05, 3.63) is 59.7 Å². The largest absolute Gasteiger partial charge is 0.392 e. The van der Waals surface area contributed by atoms with Crippen LogP contribution in [0.15, 0.2) is 48.5 Å². The van der Waals surface area contributed by atoms with Gasteiger partial charge in [0.15, 0.2) is 4.87 Å². The lowest BCUT2D eigenvalue weighted by molar-refractivity contribution is -0.169. The first-order valence-electron chi connectivity index (χ1n) is 16.3. The number of carbonyl (C=O) groups excluding carboxylic acids is 4. The van der Waals surface area contributed by atoms with Crippen molar-refractivity contribution in [1.29, 1.82) is 0 Å². The van der Waals surface area contributed by atoms with E-state index >= 15 is 9.59 Å². The van der Waals surface area contributed by atoms with Crippen LogP contribution in [0, 0.1) is 5.92 Å². The summed E-state index contributed by atoms with van der Waals surface area (Å²) in [4.78, 5) is 59.2. The lowest BCUT2D eigenvalue weighted by atomic mass is 9.52. The predicted octanol–water partition coefficient (Wildman–Crippen LogP) is 2.24. The van der Waals surface area contributed by atoms with Crippen molar-refractivity contribution in [1.82, 2.24) is 19.6 Å². The van der Waals surface area contributed by atoms with Crippen LogP contribution in [0.1, 0.15) is 25.0 Å². The van der Waals surface area contributed by atoms with Gasteiger partial charge in [-0.05, 0) is 92.0 Å². The zero-order valence-corrected chi connectivity index (χ0v) is 32.3. The number of fused-ring (bicyclic) bond motifs is 13. The molecule has 0 aliphatic carbocycles. The number of aliphatic hydroxyl groups is 3. The van der Waals surface area contributed by atoms with E-state index < -0.39 is 79.2 Å². The van der Waals surface area contributed by atoms with E-state index in [0.717, 1.165) is 32.4 Å². The molecule has 268 valence electrons. The van der Waals surface area contributed by atoms with Crippen LogP contribution >= 0.6 is 62.8 Å². The van der Waals surface area contributed by atoms with Crippen molar-refractivity contribution in [3.63, 3.8) is 0 Å². The summed E-state index contributed by atoms with van der Waals surface area (Å²) in [6, 6.07) is 14.6. The summed E-state index contributed by atoms with van der Waals surface area (Å²) in [5.74, 6) is -2.26. The summed E-state index contributed by atoms with van der Waals surface area (Å²) in [6.07, 6.45) is -5.63. The fourth-order valence-electron chi connectivity index (χ4n) is 10.5. The highest BCUT2D eigenvalue weighted by molar-refractivity contribution is 9.26. The average Bonchev–Trinajstić information content (AvgIpc) is 3.77. The highest BCUT2D eigenvalue weighted by Crippen LogP contribution is 2.78. The summed E-state index contributed by atoms with van der Waals surface area (Å²) < 4.78 is 0. The monoisotopic (exact) mass is 804 g/mol. The number of piperazine rings is 2. The number of nitrogens with one attached hydrogen (secondary N) is 2. The Morgan fingerprint density at radius 1 is 0.686 bits per heavy atom. The lowest BCUT2D eigenvalue weighted by Gasteiger charge is -2.58. The molecule has 0 aromatic heterocycles. The number of carbonyl (C=O) groups is 4.